The Hall–Kier alpha value is -0.490. The van der Waals surface area contributed by atoms with Crippen LogP contribution in [0.1, 0.15) is 0 Å². The fourth-order valence-electron chi connectivity index (χ4n) is 1.63. The van der Waals surface area contributed by atoms with E-state index in [0.717, 1.165) is 0 Å². The quantitative estimate of drug-likeness (QED) is 0.121. The molecule has 0 rings (SSSR count). The lowest BCUT2D eigenvalue weighted by atomic mass is 10.6. The van der Waals surface area contributed by atoms with Crippen LogP contribution < -0.4 is 0 Å². The summed E-state index contributed by atoms with van der Waals surface area (Å²) in [6, 6.07) is 0. The highest BCUT2D eigenvalue weighted by Crippen LogP contribution is 1.85. The fourth-order valence-corrected chi connectivity index (χ4v) is 1.63. The molecule has 0 aromatic rings. The van der Waals surface area contributed by atoms with Gasteiger partial charge in [0.25, 0.3) is 0 Å². The van der Waals surface area contributed by atoms with E-state index in [-0.39, 0.29) is 6.61 Å². The molecule has 0 spiro atoms. The first-order chi connectivity index (χ1) is 14.9. The summed E-state index contributed by atoms with van der Waals surface area (Å²) in [6.45, 7) is 7.91. The summed E-state index contributed by atoms with van der Waals surface area (Å²) in [5.41, 5.74) is 0. The van der Waals surface area contributed by atoms with Crippen LogP contribution in [0, 0.1) is 0 Å². The Bertz CT molecular complexity index is 390. The lowest BCUT2D eigenvalue weighted by Gasteiger charge is -2.08. The molecule has 0 unspecified atom stereocenters. The van der Waals surface area contributed by atoms with Gasteiger partial charge in [-0.15, -0.1) is 0 Å². The molecular weight excluding hydrogens is 444 g/mol. The first-order valence-electron chi connectivity index (χ1n) is 9.75. The van der Waals surface area contributed by atoms with E-state index < -0.39 is 10.4 Å². The molecule has 0 aliphatic rings. The van der Waals surface area contributed by atoms with Crippen LogP contribution in [0.25, 0.3) is 0 Å². The predicted molar refractivity (Wildman–Crippen MR) is 109 cm³/mol. The molecule has 14 heteroatoms. The van der Waals surface area contributed by atoms with Gasteiger partial charge in [0.1, 0.15) is 0 Å². The minimum Gasteiger partial charge on any atom is -0.394 e. The summed E-state index contributed by atoms with van der Waals surface area (Å²) in [4.78, 5) is 0. The highest BCUT2D eigenvalue weighted by Gasteiger charge is 1.94. The zero-order valence-corrected chi connectivity index (χ0v) is 19.0. The summed E-state index contributed by atoms with van der Waals surface area (Å²) in [7, 11) is -3.02. The van der Waals surface area contributed by atoms with Gasteiger partial charge >= 0.3 is 10.4 Å². The molecule has 0 aromatic heterocycles. The number of hydrogen-bond acceptors (Lipinski definition) is 11. The summed E-state index contributed by atoms with van der Waals surface area (Å²) in [6.07, 6.45) is 0. The molecule has 0 atom stereocenters. The molecule has 31 heavy (non-hydrogen) atoms. The number of methoxy groups -OCH3 is 1. The van der Waals surface area contributed by atoms with Crippen LogP contribution >= 0.6 is 0 Å². The van der Waals surface area contributed by atoms with E-state index in [4.69, 9.17) is 60.5 Å². The Kier molecular flexibility index (Phi) is 29.0. The lowest BCUT2D eigenvalue weighted by molar-refractivity contribution is -0.0229. The molecular formula is C17H38O13S. The standard InChI is InChI=1S/C17H36O9.H2O4S/c1-19-4-5-21-8-9-23-12-13-25-16-17-26-15-14-24-11-10-22-7-6-20-3-2-18;1-5(2,3)4/h18H,2-17H2,1H3;(H2,1,2,3,4). The molecule has 0 aliphatic heterocycles. The van der Waals surface area contributed by atoms with E-state index in [0.29, 0.717) is 99.1 Å². The van der Waals surface area contributed by atoms with Gasteiger partial charge in [-0.25, -0.2) is 0 Å². The summed E-state index contributed by atoms with van der Waals surface area (Å²) in [5.74, 6) is 0. The maximum atomic E-state index is 8.74. The van der Waals surface area contributed by atoms with Crippen LogP contribution in [-0.4, -0.2) is 135 Å². The molecule has 0 saturated heterocycles. The van der Waals surface area contributed by atoms with Gasteiger partial charge in [0.05, 0.1) is 106 Å². The van der Waals surface area contributed by atoms with E-state index in [1.54, 1.807) is 7.11 Å². The number of hydrogen-bond donors (Lipinski definition) is 3. The van der Waals surface area contributed by atoms with Gasteiger partial charge in [0, 0.05) is 7.11 Å². The van der Waals surface area contributed by atoms with Crippen molar-refractivity contribution >= 4 is 10.4 Å². The largest absolute Gasteiger partial charge is 0.394 e. The number of ether oxygens (including phenoxy) is 8. The first kappa shape index (κ1) is 32.7. The van der Waals surface area contributed by atoms with Crippen molar-refractivity contribution < 1.29 is 60.5 Å². The average molecular weight is 483 g/mol. The van der Waals surface area contributed by atoms with Crippen molar-refractivity contribution in [2.45, 2.75) is 0 Å². The zero-order chi connectivity index (χ0) is 23.5. The summed E-state index contributed by atoms with van der Waals surface area (Å²) < 4.78 is 73.5. The van der Waals surface area contributed by atoms with Crippen molar-refractivity contribution in [3.8, 4) is 0 Å². The van der Waals surface area contributed by atoms with E-state index in [1.165, 1.54) is 0 Å². The highest BCUT2D eigenvalue weighted by molar-refractivity contribution is 7.79. The van der Waals surface area contributed by atoms with Crippen LogP contribution in [0.4, 0.5) is 0 Å². The van der Waals surface area contributed by atoms with Crippen molar-refractivity contribution in [2.75, 3.05) is 113 Å². The molecule has 13 nitrogen and oxygen atoms in total. The van der Waals surface area contributed by atoms with Gasteiger partial charge in [-0.05, 0) is 0 Å². The second kappa shape index (κ2) is 27.5. The SMILES string of the molecule is COCCOCCOCCOCCOCCOCCOCCOCCO.O=S(=O)(O)O. The number of aliphatic hydroxyl groups is 1. The van der Waals surface area contributed by atoms with Crippen molar-refractivity contribution in [1.82, 2.24) is 0 Å². The van der Waals surface area contributed by atoms with E-state index in [1.807, 2.05) is 0 Å². The normalized spacial score (nSPS) is 11.4. The van der Waals surface area contributed by atoms with Crippen molar-refractivity contribution in [2.24, 2.45) is 0 Å². The van der Waals surface area contributed by atoms with Gasteiger partial charge in [-0.3, -0.25) is 9.11 Å². The fraction of sp³-hybridized carbons (Fsp3) is 1.00. The number of aliphatic hydroxyl groups excluding tert-OH is 1. The third kappa shape index (κ3) is 44.1. The zero-order valence-electron chi connectivity index (χ0n) is 18.1. The van der Waals surface area contributed by atoms with Crippen molar-refractivity contribution in [1.29, 1.82) is 0 Å². The van der Waals surface area contributed by atoms with Crippen LogP contribution in [0.2, 0.25) is 0 Å². The second-order valence-electron chi connectivity index (χ2n) is 5.45. The van der Waals surface area contributed by atoms with E-state index >= 15 is 0 Å². The molecule has 0 aliphatic carbocycles. The maximum Gasteiger partial charge on any atom is 0.394 e. The molecule has 190 valence electrons. The Morgan fingerprint density at radius 2 is 0.677 bits per heavy atom. The third-order valence-corrected chi connectivity index (χ3v) is 2.90. The molecule has 0 radical (unpaired) electrons. The van der Waals surface area contributed by atoms with Gasteiger partial charge in [-0.1, -0.05) is 0 Å². The van der Waals surface area contributed by atoms with Gasteiger partial charge in [-0.2, -0.15) is 8.42 Å². The lowest BCUT2D eigenvalue weighted by Crippen LogP contribution is -2.15. The van der Waals surface area contributed by atoms with Gasteiger partial charge in [0.15, 0.2) is 0 Å². The molecule has 0 amide bonds. The minimum absolute atomic E-state index is 0.0348. The Labute approximate surface area is 184 Å². The molecule has 0 fully saturated rings. The number of rotatable bonds is 23. The first-order valence-corrected chi connectivity index (χ1v) is 11.2. The van der Waals surface area contributed by atoms with Crippen LogP contribution in [0.15, 0.2) is 0 Å². The predicted octanol–water partition coefficient (Wildman–Crippen LogP) is -0.911. The highest BCUT2D eigenvalue weighted by atomic mass is 32.3. The summed E-state index contributed by atoms with van der Waals surface area (Å²) in [5, 5.41) is 8.51. The van der Waals surface area contributed by atoms with E-state index in [2.05, 4.69) is 0 Å². The van der Waals surface area contributed by atoms with Crippen LogP contribution in [0.3, 0.4) is 0 Å². The molecule has 0 heterocycles. The molecule has 0 aromatic carbocycles. The average Bonchev–Trinajstić information content (AvgIpc) is 2.70. The topological polar surface area (TPSA) is 169 Å². The monoisotopic (exact) mass is 482 g/mol. The Balaban J connectivity index is 0. The van der Waals surface area contributed by atoms with E-state index in [9.17, 15) is 0 Å². The second-order valence-corrected chi connectivity index (χ2v) is 6.35. The van der Waals surface area contributed by atoms with Crippen LogP contribution in [0.5, 0.6) is 0 Å². The third-order valence-electron chi connectivity index (χ3n) is 2.90. The molecule has 3 N–H and O–H groups in total. The van der Waals surface area contributed by atoms with Gasteiger partial charge in [0.2, 0.25) is 0 Å². The Morgan fingerprint density at radius 3 is 0.871 bits per heavy atom. The van der Waals surface area contributed by atoms with Crippen LogP contribution in [-0.2, 0) is 48.3 Å². The maximum absolute atomic E-state index is 8.74. The molecule has 0 bridgehead atoms. The minimum atomic E-state index is -4.67. The van der Waals surface area contributed by atoms with Gasteiger partial charge < -0.3 is 43.0 Å². The smallest absolute Gasteiger partial charge is 0.394 e. The van der Waals surface area contributed by atoms with Crippen molar-refractivity contribution in [3.05, 3.63) is 0 Å². The summed E-state index contributed by atoms with van der Waals surface area (Å²) >= 11 is 0. The molecule has 0 saturated carbocycles. The van der Waals surface area contributed by atoms with Crippen molar-refractivity contribution in [3.63, 3.8) is 0 Å². The Morgan fingerprint density at radius 1 is 0.484 bits per heavy atom.